The molecule has 0 atom stereocenters. The summed E-state index contributed by atoms with van der Waals surface area (Å²) in [6.45, 7) is 2.00. The second kappa shape index (κ2) is 5.69. The van der Waals surface area contributed by atoms with E-state index in [4.69, 9.17) is 5.73 Å². The summed E-state index contributed by atoms with van der Waals surface area (Å²) in [5, 5.41) is 0. The van der Waals surface area contributed by atoms with Crippen LogP contribution >= 0.6 is 0 Å². The molecule has 6 heteroatoms. The highest BCUT2D eigenvalue weighted by Gasteiger charge is 2.09. The second-order valence-electron chi connectivity index (χ2n) is 4.19. The van der Waals surface area contributed by atoms with Crippen molar-refractivity contribution in [3.8, 4) is 0 Å². The van der Waals surface area contributed by atoms with Gasteiger partial charge in [0.2, 0.25) is 5.95 Å². The molecular weight excluding hydrogens is 250 g/mol. The van der Waals surface area contributed by atoms with Crippen molar-refractivity contribution in [2.24, 2.45) is 0 Å². The van der Waals surface area contributed by atoms with Crippen molar-refractivity contribution in [3.63, 3.8) is 0 Å². The monoisotopic (exact) mass is 264 g/mol. The van der Waals surface area contributed by atoms with Crippen molar-refractivity contribution in [2.75, 3.05) is 5.73 Å². The van der Waals surface area contributed by atoms with Gasteiger partial charge < -0.3 is 5.73 Å². The van der Waals surface area contributed by atoms with E-state index in [0.717, 1.165) is 12.5 Å². The Hall–Kier alpha value is -2.11. The van der Waals surface area contributed by atoms with Gasteiger partial charge in [0.15, 0.2) is 0 Å². The number of hydrogen-bond acceptors (Lipinski definition) is 4. The predicted octanol–water partition coefficient (Wildman–Crippen LogP) is 2.28. The van der Waals surface area contributed by atoms with Gasteiger partial charge in [0.05, 0.1) is 0 Å². The first kappa shape index (κ1) is 13.3. The van der Waals surface area contributed by atoms with Gasteiger partial charge >= 0.3 is 0 Å². The van der Waals surface area contributed by atoms with Gasteiger partial charge in [-0.15, -0.1) is 0 Å². The standard InChI is InChI=1S/C13H14F2N4/c1-2-3-11-17-12(19-13(16)18-11)6-8-4-5-9(14)7-10(8)15/h4-5,7H,2-3,6H2,1H3,(H2,16,17,18,19). The maximum absolute atomic E-state index is 13.5. The first-order chi connectivity index (χ1) is 9.08. The molecule has 0 aliphatic rings. The summed E-state index contributed by atoms with van der Waals surface area (Å²) in [6.07, 6.45) is 1.73. The molecule has 0 unspecified atom stereocenters. The first-order valence-electron chi connectivity index (χ1n) is 6.01. The molecule has 1 aromatic heterocycles. The minimum atomic E-state index is -0.615. The molecule has 0 saturated carbocycles. The molecule has 2 N–H and O–H groups in total. The lowest BCUT2D eigenvalue weighted by atomic mass is 10.1. The highest BCUT2D eigenvalue weighted by Crippen LogP contribution is 2.13. The lowest BCUT2D eigenvalue weighted by molar-refractivity contribution is 0.573. The number of nitrogens with two attached hydrogens (primary N) is 1. The molecule has 19 heavy (non-hydrogen) atoms. The number of aryl methyl sites for hydroxylation is 1. The van der Waals surface area contributed by atoms with E-state index in [1.807, 2.05) is 6.92 Å². The summed E-state index contributed by atoms with van der Waals surface area (Å²) in [5.41, 5.74) is 5.92. The van der Waals surface area contributed by atoms with Gasteiger partial charge in [-0.3, -0.25) is 0 Å². The molecule has 100 valence electrons. The van der Waals surface area contributed by atoms with Gasteiger partial charge in [0.25, 0.3) is 0 Å². The Bertz CT molecular complexity index is 587. The summed E-state index contributed by atoms with van der Waals surface area (Å²) in [4.78, 5) is 12.2. The molecule has 2 rings (SSSR count). The van der Waals surface area contributed by atoms with Crippen LogP contribution in [0.25, 0.3) is 0 Å². The Morgan fingerprint density at radius 1 is 1.11 bits per heavy atom. The van der Waals surface area contributed by atoms with Crippen molar-refractivity contribution in [1.82, 2.24) is 15.0 Å². The van der Waals surface area contributed by atoms with Crippen molar-refractivity contribution < 1.29 is 8.78 Å². The zero-order chi connectivity index (χ0) is 13.8. The summed E-state index contributed by atoms with van der Waals surface area (Å²) in [6, 6.07) is 3.42. The fourth-order valence-electron chi connectivity index (χ4n) is 1.74. The van der Waals surface area contributed by atoms with Crippen LogP contribution in [-0.4, -0.2) is 15.0 Å². The van der Waals surface area contributed by atoms with Crippen molar-refractivity contribution in [1.29, 1.82) is 0 Å². The smallest absolute Gasteiger partial charge is 0.223 e. The number of aromatic nitrogens is 3. The summed E-state index contributed by atoms with van der Waals surface area (Å²) in [5.74, 6) is -0.121. The zero-order valence-electron chi connectivity index (χ0n) is 10.5. The van der Waals surface area contributed by atoms with Crippen LogP contribution in [0, 0.1) is 11.6 Å². The Balaban J connectivity index is 2.27. The molecule has 1 aromatic carbocycles. The maximum Gasteiger partial charge on any atom is 0.223 e. The van der Waals surface area contributed by atoms with Crippen LogP contribution in [0.3, 0.4) is 0 Å². The normalized spacial score (nSPS) is 10.7. The minimum absolute atomic E-state index is 0.121. The van der Waals surface area contributed by atoms with E-state index in [1.54, 1.807) is 0 Å². The average molecular weight is 264 g/mol. The molecule has 0 bridgehead atoms. The zero-order valence-corrected chi connectivity index (χ0v) is 10.5. The highest BCUT2D eigenvalue weighted by atomic mass is 19.1. The number of rotatable bonds is 4. The quantitative estimate of drug-likeness (QED) is 0.920. The average Bonchev–Trinajstić information content (AvgIpc) is 2.32. The molecule has 0 amide bonds. The van der Waals surface area contributed by atoms with Crippen LogP contribution in [0.2, 0.25) is 0 Å². The Morgan fingerprint density at radius 3 is 2.53 bits per heavy atom. The molecule has 4 nitrogen and oxygen atoms in total. The van der Waals surface area contributed by atoms with E-state index in [0.29, 0.717) is 23.6 Å². The van der Waals surface area contributed by atoms with Gasteiger partial charge in [-0.05, 0) is 18.1 Å². The van der Waals surface area contributed by atoms with Crippen LogP contribution in [-0.2, 0) is 12.8 Å². The molecule has 2 aromatic rings. The molecule has 0 aliphatic heterocycles. The Morgan fingerprint density at radius 2 is 1.84 bits per heavy atom. The fourth-order valence-corrected chi connectivity index (χ4v) is 1.74. The molecule has 0 aliphatic carbocycles. The molecule has 0 fully saturated rings. The SMILES string of the molecule is CCCc1nc(N)nc(Cc2ccc(F)cc2F)n1. The van der Waals surface area contributed by atoms with E-state index >= 15 is 0 Å². The summed E-state index contributed by atoms with van der Waals surface area (Å²) < 4.78 is 26.4. The van der Waals surface area contributed by atoms with Crippen molar-refractivity contribution >= 4 is 5.95 Å². The maximum atomic E-state index is 13.5. The summed E-state index contributed by atoms with van der Waals surface area (Å²) in [7, 11) is 0. The van der Waals surface area contributed by atoms with E-state index in [-0.39, 0.29) is 12.4 Å². The third-order valence-electron chi connectivity index (χ3n) is 2.58. The summed E-state index contributed by atoms with van der Waals surface area (Å²) >= 11 is 0. The van der Waals surface area contributed by atoms with E-state index < -0.39 is 11.6 Å². The largest absolute Gasteiger partial charge is 0.368 e. The topological polar surface area (TPSA) is 64.7 Å². The van der Waals surface area contributed by atoms with E-state index in [2.05, 4.69) is 15.0 Å². The lowest BCUT2D eigenvalue weighted by Gasteiger charge is -2.05. The number of nitrogens with zero attached hydrogens (tertiary/aromatic N) is 3. The number of halogens is 2. The molecule has 1 heterocycles. The van der Waals surface area contributed by atoms with Gasteiger partial charge in [-0.1, -0.05) is 13.0 Å². The Kier molecular flexibility index (Phi) is 3.99. The molecule has 0 radical (unpaired) electrons. The van der Waals surface area contributed by atoms with Crippen LogP contribution in [0.5, 0.6) is 0 Å². The van der Waals surface area contributed by atoms with E-state index in [1.165, 1.54) is 12.1 Å². The second-order valence-corrected chi connectivity index (χ2v) is 4.19. The van der Waals surface area contributed by atoms with Gasteiger partial charge in [-0.25, -0.2) is 13.8 Å². The number of anilines is 1. The van der Waals surface area contributed by atoms with E-state index in [9.17, 15) is 8.78 Å². The minimum Gasteiger partial charge on any atom is -0.368 e. The third-order valence-corrected chi connectivity index (χ3v) is 2.58. The van der Waals surface area contributed by atoms with Crippen LogP contribution in [0.1, 0.15) is 30.6 Å². The molecule has 0 spiro atoms. The fraction of sp³-hybridized carbons (Fsp3) is 0.308. The number of nitrogen functional groups attached to an aromatic ring is 1. The van der Waals surface area contributed by atoms with Crippen LogP contribution < -0.4 is 5.73 Å². The number of benzene rings is 1. The predicted molar refractivity (Wildman–Crippen MR) is 67.4 cm³/mol. The highest BCUT2D eigenvalue weighted by molar-refractivity contribution is 5.24. The van der Waals surface area contributed by atoms with Gasteiger partial charge in [-0.2, -0.15) is 9.97 Å². The van der Waals surface area contributed by atoms with Gasteiger partial charge in [0, 0.05) is 18.9 Å². The van der Waals surface area contributed by atoms with Gasteiger partial charge in [0.1, 0.15) is 23.3 Å². The van der Waals surface area contributed by atoms with Crippen molar-refractivity contribution in [2.45, 2.75) is 26.2 Å². The third kappa shape index (κ3) is 3.43. The molecular formula is C13H14F2N4. The van der Waals surface area contributed by atoms with Crippen LogP contribution in [0.4, 0.5) is 14.7 Å². The lowest BCUT2D eigenvalue weighted by Crippen LogP contribution is -2.08. The number of hydrogen-bond donors (Lipinski definition) is 1. The Labute approximate surface area is 109 Å². The van der Waals surface area contributed by atoms with Crippen LogP contribution in [0.15, 0.2) is 18.2 Å². The molecule has 0 saturated heterocycles. The van der Waals surface area contributed by atoms with Crippen molar-refractivity contribution in [3.05, 3.63) is 47.0 Å². The first-order valence-corrected chi connectivity index (χ1v) is 6.01.